The van der Waals surface area contributed by atoms with E-state index in [1.54, 1.807) is 4.90 Å². The largest absolute Gasteiger partial charge is 0.400 e. The summed E-state index contributed by atoms with van der Waals surface area (Å²) in [6.07, 6.45) is 0.610. The molecule has 124 valence electrons. The molecule has 1 aliphatic heterocycles. The number of rotatable bonds is 3. The van der Waals surface area contributed by atoms with Crippen LogP contribution in [0, 0.1) is 19.3 Å². The number of amides is 2. The van der Waals surface area contributed by atoms with Gasteiger partial charge in [0, 0.05) is 22.7 Å². The Morgan fingerprint density at radius 3 is 2.43 bits per heavy atom. The summed E-state index contributed by atoms with van der Waals surface area (Å²) in [7, 11) is 0. The standard InChI is InChI=1S/C18H26N4O/c1-6-14(19)13-10-22(18(4,5)16(13)20)17(23)21-15-11(2)8-7-9-12(15)3/h7-9,19H,6,10,20H2,1-5H3,(H,21,23). The molecular formula is C18H26N4O. The lowest BCUT2D eigenvalue weighted by atomic mass is 9.98. The number of nitrogens with one attached hydrogen (secondary N) is 2. The molecule has 1 heterocycles. The number of benzene rings is 1. The van der Waals surface area contributed by atoms with Gasteiger partial charge < -0.3 is 21.4 Å². The van der Waals surface area contributed by atoms with Crippen molar-refractivity contribution in [1.82, 2.24) is 4.90 Å². The number of anilines is 1. The number of hydrogen-bond donors (Lipinski definition) is 3. The molecule has 1 aliphatic rings. The third-order valence-corrected chi connectivity index (χ3v) is 4.65. The van der Waals surface area contributed by atoms with E-state index in [9.17, 15) is 4.79 Å². The van der Waals surface area contributed by atoms with Crippen LogP contribution >= 0.6 is 0 Å². The van der Waals surface area contributed by atoms with Crippen molar-refractivity contribution in [1.29, 1.82) is 5.41 Å². The van der Waals surface area contributed by atoms with Gasteiger partial charge in [-0.2, -0.15) is 0 Å². The van der Waals surface area contributed by atoms with Crippen molar-refractivity contribution in [3.63, 3.8) is 0 Å². The Kier molecular flexibility index (Phi) is 4.50. The van der Waals surface area contributed by atoms with Crippen LogP contribution in [0.4, 0.5) is 10.5 Å². The second-order valence-electron chi connectivity index (χ2n) is 6.57. The fraction of sp³-hybridized carbons (Fsp3) is 0.444. The Bertz CT molecular complexity index is 668. The average Bonchev–Trinajstić information content (AvgIpc) is 2.73. The molecule has 1 aromatic rings. The fourth-order valence-electron chi connectivity index (χ4n) is 2.94. The van der Waals surface area contributed by atoms with Crippen molar-refractivity contribution in [2.24, 2.45) is 5.73 Å². The highest BCUT2D eigenvalue weighted by molar-refractivity contribution is 6.01. The normalized spacial score (nSPS) is 16.7. The zero-order valence-electron chi connectivity index (χ0n) is 14.6. The Morgan fingerprint density at radius 1 is 1.35 bits per heavy atom. The van der Waals surface area contributed by atoms with Crippen LogP contribution in [0.1, 0.15) is 38.3 Å². The fourth-order valence-corrected chi connectivity index (χ4v) is 2.94. The molecule has 0 fully saturated rings. The predicted molar refractivity (Wildman–Crippen MR) is 95.0 cm³/mol. The summed E-state index contributed by atoms with van der Waals surface area (Å²) in [6.45, 7) is 10.1. The minimum Gasteiger partial charge on any atom is -0.400 e. The zero-order valence-corrected chi connectivity index (χ0v) is 14.6. The highest BCUT2D eigenvalue weighted by Crippen LogP contribution is 2.33. The molecule has 0 radical (unpaired) electrons. The molecule has 1 aromatic carbocycles. The summed E-state index contributed by atoms with van der Waals surface area (Å²) < 4.78 is 0. The number of para-hydroxylation sites is 1. The van der Waals surface area contributed by atoms with E-state index in [0.29, 0.717) is 24.4 Å². The lowest BCUT2D eigenvalue weighted by Crippen LogP contribution is -2.48. The summed E-state index contributed by atoms with van der Waals surface area (Å²) in [5.74, 6) is 0. The predicted octanol–water partition coefficient (Wildman–Crippen LogP) is 3.57. The summed E-state index contributed by atoms with van der Waals surface area (Å²) >= 11 is 0. The first-order chi connectivity index (χ1) is 10.7. The van der Waals surface area contributed by atoms with E-state index in [2.05, 4.69) is 5.32 Å². The van der Waals surface area contributed by atoms with Crippen LogP contribution in [0.15, 0.2) is 29.5 Å². The van der Waals surface area contributed by atoms with Gasteiger partial charge in [0.15, 0.2) is 0 Å². The number of urea groups is 1. The molecule has 0 saturated heterocycles. The Hall–Kier alpha value is -2.30. The van der Waals surface area contributed by atoms with Gasteiger partial charge in [0.25, 0.3) is 0 Å². The third-order valence-electron chi connectivity index (χ3n) is 4.65. The second-order valence-corrected chi connectivity index (χ2v) is 6.57. The molecule has 0 atom stereocenters. The van der Waals surface area contributed by atoms with Gasteiger partial charge in [-0.3, -0.25) is 0 Å². The molecule has 0 unspecified atom stereocenters. The Balaban J connectivity index is 2.27. The molecule has 23 heavy (non-hydrogen) atoms. The van der Waals surface area contributed by atoms with Crippen molar-refractivity contribution in [2.75, 3.05) is 11.9 Å². The number of nitrogens with zero attached hydrogens (tertiary/aromatic N) is 1. The van der Waals surface area contributed by atoms with Crippen molar-refractivity contribution >= 4 is 17.4 Å². The number of carbonyl (C=O) groups excluding carboxylic acids is 1. The van der Waals surface area contributed by atoms with Crippen LogP contribution < -0.4 is 11.1 Å². The molecule has 0 aromatic heterocycles. The van der Waals surface area contributed by atoms with Crippen molar-refractivity contribution in [3.8, 4) is 0 Å². The first kappa shape index (κ1) is 17.1. The molecular weight excluding hydrogens is 288 g/mol. The lowest BCUT2D eigenvalue weighted by molar-refractivity contribution is 0.184. The van der Waals surface area contributed by atoms with Crippen LogP contribution in [0.2, 0.25) is 0 Å². The van der Waals surface area contributed by atoms with Gasteiger partial charge in [-0.05, 0) is 45.2 Å². The number of nitrogens with two attached hydrogens (primary N) is 1. The van der Waals surface area contributed by atoms with Gasteiger partial charge in [0.05, 0.1) is 12.1 Å². The van der Waals surface area contributed by atoms with Gasteiger partial charge in [0.1, 0.15) is 0 Å². The molecule has 4 N–H and O–H groups in total. The van der Waals surface area contributed by atoms with E-state index < -0.39 is 5.54 Å². The van der Waals surface area contributed by atoms with Gasteiger partial charge in [0.2, 0.25) is 0 Å². The highest BCUT2D eigenvalue weighted by Gasteiger charge is 2.42. The molecule has 5 heteroatoms. The quantitative estimate of drug-likeness (QED) is 0.745. The number of aryl methyl sites for hydroxylation is 2. The molecule has 2 rings (SSSR count). The van der Waals surface area contributed by atoms with Crippen LogP contribution in [-0.2, 0) is 0 Å². The van der Waals surface area contributed by atoms with Crippen LogP contribution in [0.3, 0.4) is 0 Å². The lowest BCUT2D eigenvalue weighted by Gasteiger charge is -2.33. The molecule has 0 bridgehead atoms. The van der Waals surface area contributed by atoms with Gasteiger partial charge in [-0.1, -0.05) is 25.1 Å². The second kappa shape index (κ2) is 6.07. The summed E-state index contributed by atoms with van der Waals surface area (Å²) in [5.41, 5.74) is 10.4. The summed E-state index contributed by atoms with van der Waals surface area (Å²) in [4.78, 5) is 14.5. The van der Waals surface area contributed by atoms with Gasteiger partial charge in [-0.25, -0.2) is 4.79 Å². The minimum absolute atomic E-state index is 0.186. The maximum absolute atomic E-state index is 12.8. The van der Waals surface area contributed by atoms with E-state index >= 15 is 0 Å². The van der Waals surface area contributed by atoms with E-state index in [1.807, 2.05) is 52.8 Å². The molecule has 0 spiro atoms. The van der Waals surface area contributed by atoms with Crippen LogP contribution in [0.5, 0.6) is 0 Å². The van der Waals surface area contributed by atoms with Crippen molar-refractivity contribution in [3.05, 3.63) is 40.6 Å². The SMILES string of the molecule is CCC(=N)C1=C(N)C(C)(C)N(C(=O)Nc2c(C)cccc2C)C1. The zero-order chi connectivity index (χ0) is 17.4. The summed E-state index contributed by atoms with van der Waals surface area (Å²) in [5, 5.41) is 11.1. The molecule has 2 amide bonds. The van der Waals surface area contributed by atoms with E-state index in [1.165, 1.54) is 0 Å². The maximum Gasteiger partial charge on any atom is 0.322 e. The van der Waals surface area contributed by atoms with E-state index in [4.69, 9.17) is 11.1 Å². The van der Waals surface area contributed by atoms with Crippen LogP contribution in [-0.4, -0.2) is 28.7 Å². The maximum atomic E-state index is 12.8. The monoisotopic (exact) mass is 314 g/mol. The number of hydrogen-bond acceptors (Lipinski definition) is 3. The molecule has 0 saturated carbocycles. The van der Waals surface area contributed by atoms with Gasteiger partial charge in [-0.15, -0.1) is 0 Å². The van der Waals surface area contributed by atoms with Crippen molar-refractivity contribution in [2.45, 2.75) is 46.6 Å². The minimum atomic E-state index is -0.600. The smallest absolute Gasteiger partial charge is 0.322 e. The topological polar surface area (TPSA) is 82.2 Å². The summed E-state index contributed by atoms with van der Waals surface area (Å²) in [6, 6.07) is 5.74. The molecule has 5 nitrogen and oxygen atoms in total. The Labute approximate surface area is 138 Å². The van der Waals surface area contributed by atoms with Crippen molar-refractivity contribution < 1.29 is 4.79 Å². The average molecular weight is 314 g/mol. The molecule has 0 aliphatic carbocycles. The number of carbonyl (C=O) groups is 1. The first-order valence-electron chi connectivity index (χ1n) is 7.91. The van der Waals surface area contributed by atoms with E-state index in [-0.39, 0.29) is 6.03 Å². The third kappa shape index (κ3) is 2.96. The van der Waals surface area contributed by atoms with Gasteiger partial charge >= 0.3 is 6.03 Å². The first-order valence-corrected chi connectivity index (χ1v) is 7.91. The van der Waals surface area contributed by atoms with E-state index in [0.717, 1.165) is 22.4 Å². The van der Waals surface area contributed by atoms with Crippen LogP contribution in [0.25, 0.3) is 0 Å². The Morgan fingerprint density at radius 2 is 1.91 bits per heavy atom. The highest BCUT2D eigenvalue weighted by atomic mass is 16.2.